The maximum absolute atomic E-state index is 13.1. The second-order valence-electron chi connectivity index (χ2n) is 6.30. The number of carbonyl (C=O) groups is 1. The van der Waals surface area contributed by atoms with E-state index in [0.717, 1.165) is 22.2 Å². The van der Waals surface area contributed by atoms with Crippen LogP contribution in [0.25, 0.3) is 10.9 Å². The maximum Gasteiger partial charge on any atom is 0.237 e. The number of aliphatic hydroxyl groups excluding tert-OH is 1. The van der Waals surface area contributed by atoms with E-state index in [4.69, 9.17) is 4.74 Å². The molecule has 22 heavy (non-hydrogen) atoms. The van der Waals surface area contributed by atoms with Gasteiger partial charge in [0.1, 0.15) is 0 Å². The number of rotatable bonds is 1. The van der Waals surface area contributed by atoms with Gasteiger partial charge in [0.25, 0.3) is 0 Å². The van der Waals surface area contributed by atoms with E-state index < -0.39 is 6.29 Å². The SMILES string of the molecule is C=C[C@H]1C2C(=O)n3c(c(C)c4ccccc43)[C@@H]1C(O)O[C@@H]2C. The Kier molecular flexibility index (Phi) is 2.83. The van der Waals surface area contributed by atoms with Crippen LogP contribution in [0.3, 0.4) is 0 Å². The molecular formula is C18H19NO3. The third-order valence-electron chi connectivity index (χ3n) is 5.26. The Morgan fingerprint density at radius 3 is 2.77 bits per heavy atom. The molecule has 0 radical (unpaired) electrons. The third-order valence-corrected chi connectivity index (χ3v) is 5.26. The molecule has 1 N–H and O–H groups in total. The summed E-state index contributed by atoms with van der Waals surface area (Å²) in [5, 5.41) is 11.5. The number of fused-ring (bicyclic) bond motifs is 6. The first-order valence-electron chi connectivity index (χ1n) is 7.66. The number of para-hydroxylation sites is 1. The van der Waals surface area contributed by atoms with Crippen molar-refractivity contribution >= 4 is 16.8 Å². The van der Waals surface area contributed by atoms with E-state index in [2.05, 4.69) is 6.58 Å². The van der Waals surface area contributed by atoms with Gasteiger partial charge in [0.05, 0.1) is 23.5 Å². The molecule has 0 aliphatic carbocycles. The minimum absolute atomic E-state index is 0.0415. The van der Waals surface area contributed by atoms with Crippen molar-refractivity contribution in [3.8, 4) is 0 Å². The molecule has 4 heteroatoms. The third kappa shape index (κ3) is 1.51. The van der Waals surface area contributed by atoms with E-state index in [9.17, 15) is 9.90 Å². The summed E-state index contributed by atoms with van der Waals surface area (Å²) >= 11 is 0. The van der Waals surface area contributed by atoms with Crippen LogP contribution < -0.4 is 0 Å². The Balaban J connectivity index is 2.09. The molecule has 1 aromatic carbocycles. The molecule has 1 fully saturated rings. The van der Waals surface area contributed by atoms with Crippen LogP contribution in [0.5, 0.6) is 0 Å². The second kappa shape index (κ2) is 4.54. The molecule has 0 saturated carbocycles. The van der Waals surface area contributed by atoms with Gasteiger partial charge in [0.2, 0.25) is 5.91 Å². The van der Waals surface area contributed by atoms with Crippen molar-refractivity contribution in [2.24, 2.45) is 11.8 Å². The van der Waals surface area contributed by atoms with Crippen molar-refractivity contribution in [3.05, 3.63) is 48.2 Å². The van der Waals surface area contributed by atoms with E-state index in [1.54, 1.807) is 10.6 Å². The van der Waals surface area contributed by atoms with Crippen molar-refractivity contribution in [2.75, 3.05) is 0 Å². The minimum atomic E-state index is -0.913. The quantitative estimate of drug-likeness (QED) is 0.824. The molecule has 3 heterocycles. The summed E-state index contributed by atoms with van der Waals surface area (Å²) in [4.78, 5) is 13.1. The predicted molar refractivity (Wildman–Crippen MR) is 83.8 cm³/mol. The van der Waals surface area contributed by atoms with Crippen molar-refractivity contribution in [2.45, 2.75) is 32.2 Å². The van der Waals surface area contributed by atoms with Gasteiger partial charge in [0, 0.05) is 17.0 Å². The highest BCUT2D eigenvalue weighted by atomic mass is 16.6. The Hall–Kier alpha value is -1.91. The number of aryl methyl sites for hydroxylation is 1. The molecular weight excluding hydrogens is 278 g/mol. The van der Waals surface area contributed by atoms with E-state index >= 15 is 0 Å². The van der Waals surface area contributed by atoms with Gasteiger partial charge in [-0.05, 0) is 25.5 Å². The first-order chi connectivity index (χ1) is 10.6. The van der Waals surface area contributed by atoms with Gasteiger partial charge in [-0.25, -0.2) is 0 Å². The number of hydrogen-bond donors (Lipinski definition) is 1. The van der Waals surface area contributed by atoms with Crippen LogP contribution in [0.4, 0.5) is 0 Å². The Morgan fingerprint density at radius 2 is 2.05 bits per heavy atom. The molecule has 4 rings (SSSR count). The van der Waals surface area contributed by atoms with Crippen LogP contribution in [-0.2, 0) is 4.74 Å². The highest BCUT2D eigenvalue weighted by molar-refractivity contribution is 5.98. The van der Waals surface area contributed by atoms with Gasteiger partial charge in [-0.3, -0.25) is 9.36 Å². The molecule has 2 aromatic rings. The molecule has 2 bridgehead atoms. The first-order valence-corrected chi connectivity index (χ1v) is 7.66. The summed E-state index contributed by atoms with van der Waals surface area (Å²) in [5.74, 6) is -0.598. The Morgan fingerprint density at radius 1 is 1.32 bits per heavy atom. The van der Waals surface area contributed by atoms with Crippen LogP contribution in [0.2, 0.25) is 0 Å². The molecule has 0 amide bonds. The highest BCUT2D eigenvalue weighted by Crippen LogP contribution is 2.49. The fourth-order valence-electron chi connectivity index (χ4n) is 4.30. The molecule has 0 spiro atoms. The molecule has 1 saturated heterocycles. The maximum atomic E-state index is 13.1. The number of benzene rings is 1. The lowest BCUT2D eigenvalue weighted by atomic mass is 9.71. The summed E-state index contributed by atoms with van der Waals surface area (Å²) in [5.41, 5.74) is 2.82. The molecule has 2 aliphatic heterocycles. The standard InChI is InChI=1S/C18H19NO3/c1-4-11-14-10(3)22-18(21)15(11)16-9(2)12-7-5-6-8-13(12)19(16)17(14)20/h4-8,10-11,14-15,18,21H,1H2,2-3H3/t10-,11+,14?,15-,18?/m1/s1. The van der Waals surface area contributed by atoms with E-state index in [1.165, 1.54) is 0 Å². The van der Waals surface area contributed by atoms with Crippen molar-refractivity contribution in [3.63, 3.8) is 0 Å². The zero-order valence-electron chi connectivity index (χ0n) is 12.7. The van der Waals surface area contributed by atoms with E-state index in [0.29, 0.717) is 0 Å². The average molecular weight is 297 g/mol. The van der Waals surface area contributed by atoms with Crippen LogP contribution in [0, 0.1) is 18.8 Å². The van der Waals surface area contributed by atoms with Gasteiger partial charge in [-0.15, -0.1) is 6.58 Å². The molecule has 5 atom stereocenters. The number of nitrogens with zero attached hydrogens (tertiary/aromatic N) is 1. The van der Waals surface area contributed by atoms with Crippen LogP contribution in [0.1, 0.15) is 28.9 Å². The zero-order valence-corrected chi connectivity index (χ0v) is 12.7. The monoisotopic (exact) mass is 297 g/mol. The minimum Gasteiger partial charge on any atom is -0.367 e. The van der Waals surface area contributed by atoms with Crippen molar-refractivity contribution in [1.29, 1.82) is 0 Å². The zero-order chi connectivity index (χ0) is 15.6. The number of aromatic nitrogens is 1. The molecule has 1 aromatic heterocycles. The first kappa shape index (κ1) is 13.7. The number of ether oxygens (including phenoxy) is 1. The largest absolute Gasteiger partial charge is 0.367 e. The fourth-order valence-corrected chi connectivity index (χ4v) is 4.30. The predicted octanol–water partition coefficient (Wildman–Crippen LogP) is 2.84. The van der Waals surface area contributed by atoms with Crippen LogP contribution in [0.15, 0.2) is 36.9 Å². The Bertz CT molecular complexity index is 791. The molecule has 114 valence electrons. The lowest BCUT2D eigenvalue weighted by molar-refractivity contribution is -0.198. The van der Waals surface area contributed by atoms with Crippen molar-refractivity contribution in [1.82, 2.24) is 4.57 Å². The number of allylic oxidation sites excluding steroid dienone is 1. The van der Waals surface area contributed by atoms with Gasteiger partial charge < -0.3 is 9.84 Å². The highest BCUT2D eigenvalue weighted by Gasteiger charge is 2.52. The number of hydrogen-bond acceptors (Lipinski definition) is 3. The summed E-state index contributed by atoms with van der Waals surface area (Å²) in [7, 11) is 0. The normalized spacial score (nSPS) is 33.8. The topological polar surface area (TPSA) is 51.5 Å². The fraction of sp³-hybridized carbons (Fsp3) is 0.389. The van der Waals surface area contributed by atoms with Gasteiger partial charge in [-0.1, -0.05) is 24.3 Å². The lowest BCUT2D eigenvalue weighted by Crippen LogP contribution is -2.53. The smallest absolute Gasteiger partial charge is 0.237 e. The van der Waals surface area contributed by atoms with Gasteiger partial charge >= 0.3 is 0 Å². The second-order valence-corrected chi connectivity index (χ2v) is 6.30. The summed E-state index contributed by atoms with van der Waals surface area (Å²) in [6.07, 6.45) is 0.566. The molecule has 4 nitrogen and oxygen atoms in total. The molecule has 2 aliphatic rings. The average Bonchev–Trinajstić information content (AvgIpc) is 2.80. The molecule has 2 unspecified atom stereocenters. The summed E-state index contributed by atoms with van der Waals surface area (Å²) in [6.45, 7) is 7.75. The van der Waals surface area contributed by atoms with Gasteiger partial charge in [0.15, 0.2) is 6.29 Å². The van der Waals surface area contributed by atoms with Crippen LogP contribution >= 0.6 is 0 Å². The number of aliphatic hydroxyl groups is 1. The lowest BCUT2D eigenvalue weighted by Gasteiger charge is -2.46. The number of carbonyl (C=O) groups excluding carboxylic acids is 1. The summed E-state index contributed by atoms with van der Waals surface area (Å²) < 4.78 is 7.43. The summed E-state index contributed by atoms with van der Waals surface area (Å²) in [6, 6.07) is 7.89. The van der Waals surface area contributed by atoms with Gasteiger partial charge in [-0.2, -0.15) is 0 Å². The van der Waals surface area contributed by atoms with E-state index in [1.807, 2.05) is 38.1 Å². The van der Waals surface area contributed by atoms with E-state index in [-0.39, 0.29) is 29.8 Å². The van der Waals surface area contributed by atoms with Crippen LogP contribution in [-0.4, -0.2) is 28.0 Å². The van der Waals surface area contributed by atoms with Crippen molar-refractivity contribution < 1.29 is 14.6 Å². The Labute approximate surface area is 129 Å².